The van der Waals surface area contributed by atoms with Crippen molar-refractivity contribution in [3.05, 3.63) is 99.2 Å². The molecule has 1 fully saturated rings. The van der Waals surface area contributed by atoms with E-state index in [1.165, 1.54) is 59.5 Å². The van der Waals surface area contributed by atoms with Crippen molar-refractivity contribution >= 4 is 40.0 Å². The smallest absolute Gasteiger partial charge is 0.410 e. The van der Waals surface area contributed by atoms with Crippen molar-refractivity contribution in [3.8, 4) is 5.75 Å². The lowest BCUT2D eigenvalue weighted by Gasteiger charge is -2.49. The molecule has 9 nitrogen and oxygen atoms in total. The number of carbonyl (C=O) groups excluding carboxylic acids is 1. The lowest BCUT2D eigenvalue weighted by molar-refractivity contribution is -0.384. The molecule has 0 spiro atoms. The van der Waals surface area contributed by atoms with Crippen molar-refractivity contribution in [2.75, 3.05) is 25.0 Å². The van der Waals surface area contributed by atoms with Crippen LogP contribution in [0.25, 0.3) is 10.9 Å². The topological polar surface area (TPSA) is 110 Å². The average Bonchev–Trinajstić information content (AvgIpc) is 2.88. The molecule has 1 N–H and O–H groups in total. The van der Waals surface area contributed by atoms with E-state index in [1.54, 1.807) is 0 Å². The maximum atomic E-state index is 13.6. The number of ether oxygens (including phenoxy) is 1. The second-order valence-electron chi connectivity index (χ2n) is 9.18. The molecule has 14 heteroatoms. The van der Waals surface area contributed by atoms with E-state index in [2.05, 4.69) is 15.3 Å². The number of alkyl halides is 3. The number of nitrogens with zero attached hydrogens (tertiary/aromatic N) is 4. The van der Waals surface area contributed by atoms with Crippen molar-refractivity contribution in [3.63, 3.8) is 0 Å². The molecule has 0 atom stereocenters. The van der Waals surface area contributed by atoms with E-state index in [0.29, 0.717) is 16.1 Å². The van der Waals surface area contributed by atoms with Crippen LogP contribution in [0.15, 0.2) is 66.9 Å². The highest BCUT2D eigenvalue weighted by Crippen LogP contribution is 2.38. The zero-order chi connectivity index (χ0) is 28.7. The summed E-state index contributed by atoms with van der Waals surface area (Å²) in [5.41, 5.74) is -1.57. The molecule has 0 unspecified atom stereocenters. The monoisotopic (exact) mass is 575 g/mol. The molecule has 2 aromatic carbocycles. The molecule has 40 heavy (non-hydrogen) atoms. The first-order valence-electron chi connectivity index (χ1n) is 11.7. The van der Waals surface area contributed by atoms with E-state index in [-0.39, 0.29) is 42.3 Å². The molecule has 3 heterocycles. The molecule has 1 aliphatic heterocycles. The van der Waals surface area contributed by atoms with Gasteiger partial charge in [0.15, 0.2) is 0 Å². The number of rotatable bonds is 6. The summed E-state index contributed by atoms with van der Waals surface area (Å²) in [5.74, 6) is -0.490. The minimum Gasteiger partial charge on any atom is -0.410 e. The van der Waals surface area contributed by atoms with Crippen LogP contribution in [0.5, 0.6) is 5.75 Å². The summed E-state index contributed by atoms with van der Waals surface area (Å²) in [5, 5.41) is 14.5. The number of nitrogens with one attached hydrogen (secondary N) is 1. The Kier molecular flexibility index (Phi) is 6.92. The number of hydrogen-bond acceptors (Lipinski definition) is 7. The van der Waals surface area contributed by atoms with E-state index >= 15 is 0 Å². The van der Waals surface area contributed by atoms with E-state index < -0.39 is 34.1 Å². The zero-order valence-corrected chi connectivity index (χ0v) is 21.0. The van der Waals surface area contributed by atoms with Gasteiger partial charge in [-0.1, -0.05) is 11.6 Å². The van der Waals surface area contributed by atoms with Crippen LogP contribution < -0.4 is 10.1 Å². The summed E-state index contributed by atoms with van der Waals surface area (Å²) < 4.78 is 59.6. The number of benzene rings is 2. The van der Waals surface area contributed by atoms with Gasteiger partial charge in [0.2, 0.25) is 0 Å². The van der Waals surface area contributed by atoms with Gasteiger partial charge in [0, 0.05) is 47.9 Å². The molecule has 206 valence electrons. The number of fused-ring (bicyclic) bond motifs is 1. The van der Waals surface area contributed by atoms with Crippen molar-refractivity contribution in [2.24, 2.45) is 0 Å². The summed E-state index contributed by atoms with van der Waals surface area (Å²) in [7, 11) is 0. The third-order valence-electron chi connectivity index (χ3n) is 6.45. The lowest BCUT2D eigenvalue weighted by Crippen LogP contribution is -2.64. The number of anilines is 1. The van der Waals surface area contributed by atoms with Crippen LogP contribution in [0.2, 0.25) is 5.02 Å². The molecule has 5 rings (SSSR count). The first kappa shape index (κ1) is 27.1. The minimum absolute atomic E-state index is 0.0237. The fourth-order valence-corrected chi connectivity index (χ4v) is 4.59. The molecule has 0 aliphatic carbocycles. The first-order chi connectivity index (χ1) is 18.9. The summed E-state index contributed by atoms with van der Waals surface area (Å²) in [6.45, 7) is 0.108. The molecule has 0 bridgehead atoms. The SMILES string of the molecule is O=C(Oc1ccc([N+](=O)[O-])cc1)N1CC(CNc2cc(C(F)(F)F)nc3ccc(Cl)cc23)(c2ccc(F)cn2)C1. The van der Waals surface area contributed by atoms with Crippen LogP contribution in [0.3, 0.4) is 0 Å². The van der Waals surface area contributed by atoms with Gasteiger partial charge < -0.3 is 15.0 Å². The molecule has 0 radical (unpaired) electrons. The van der Waals surface area contributed by atoms with Gasteiger partial charge in [0.25, 0.3) is 5.69 Å². The normalized spacial score (nSPS) is 14.5. The van der Waals surface area contributed by atoms with Crippen molar-refractivity contribution in [1.29, 1.82) is 0 Å². The van der Waals surface area contributed by atoms with Crippen LogP contribution in [0, 0.1) is 15.9 Å². The quantitative estimate of drug-likeness (QED) is 0.165. The molecule has 1 amide bonds. The lowest BCUT2D eigenvalue weighted by atomic mass is 9.76. The standard InChI is InChI=1S/C26H18ClF4N5O4/c27-15-1-7-20-19(9-15)21(10-23(34-20)26(29,30)31)33-12-25(22-8-2-16(28)11-32-22)13-35(14-25)24(37)40-18-5-3-17(4-6-18)36(38)39/h1-11H,12-14H2,(H,33,34). The van der Waals surface area contributed by atoms with Gasteiger partial charge in [0.05, 0.1) is 27.7 Å². The number of non-ortho nitro benzene ring substituents is 1. The average molecular weight is 576 g/mol. The number of amides is 1. The highest BCUT2D eigenvalue weighted by Gasteiger charge is 2.48. The second-order valence-corrected chi connectivity index (χ2v) is 9.62. The van der Waals surface area contributed by atoms with E-state index in [9.17, 15) is 32.5 Å². The molecule has 2 aromatic heterocycles. The number of aromatic nitrogens is 2. The molecular weight excluding hydrogens is 558 g/mol. The van der Waals surface area contributed by atoms with Crippen LogP contribution in [-0.2, 0) is 11.6 Å². The van der Waals surface area contributed by atoms with Crippen LogP contribution >= 0.6 is 11.6 Å². The fraction of sp³-hybridized carbons (Fsp3) is 0.192. The molecule has 4 aromatic rings. The van der Waals surface area contributed by atoms with E-state index in [1.807, 2.05) is 0 Å². The molecule has 1 saturated heterocycles. The minimum atomic E-state index is -4.70. The van der Waals surface area contributed by atoms with E-state index in [4.69, 9.17) is 16.3 Å². The highest BCUT2D eigenvalue weighted by atomic mass is 35.5. The van der Waals surface area contributed by atoms with Gasteiger partial charge >= 0.3 is 12.3 Å². The Hall–Kier alpha value is -4.52. The summed E-state index contributed by atoms with van der Waals surface area (Å²) in [6.07, 6.45) is -4.43. The van der Waals surface area contributed by atoms with Crippen LogP contribution in [0.4, 0.5) is 33.7 Å². The highest BCUT2D eigenvalue weighted by molar-refractivity contribution is 6.31. The van der Waals surface area contributed by atoms with Gasteiger partial charge in [-0.2, -0.15) is 13.2 Å². The first-order valence-corrected chi connectivity index (χ1v) is 12.1. The van der Waals surface area contributed by atoms with Crippen LogP contribution in [0.1, 0.15) is 11.4 Å². The van der Waals surface area contributed by atoms with Crippen molar-refractivity contribution in [2.45, 2.75) is 11.6 Å². The van der Waals surface area contributed by atoms with Gasteiger partial charge in [-0.05, 0) is 48.5 Å². The Labute approximate surface area is 228 Å². The largest absolute Gasteiger partial charge is 0.433 e. The number of halogens is 5. The fourth-order valence-electron chi connectivity index (χ4n) is 4.42. The zero-order valence-electron chi connectivity index (χ0n) is 20.3. The number of hydrogen-bond donors (Lipinski definition) is 1. The number of nitro benzene ring substituents is 1. The summed E-state index contributed by atoms with van der Waals surface area (Å²) in [4.78, 5) is 32.2. The van der Waals surface area contributed by atoms with Gasteiger partial charge in [-0.15, -0.1) is 0 Å². The molecule has 1 aliphatic rings. The van der Waals surface area contributed by atoms with Gasteiger partial charge in [-0.25, -0.2) is 14.2 Å². The Balaban J connectivity index is 1.39. The predicted octanol–water partition coefficient (Wildman–Crippen LogP) is 6.21. The van der Waals surface area contributed by atoms with Crippen LogP contribution in [-0.4, -0.2) is 45.5 Å². The van der Waals surface area contributed by atoms with Gasteiger partial charge in [0.1, 0.15) is 17.3 Å². The maximum absolute atomic E-state index is 13.6. The predicted molar refractivity (Wildman–Crippen MR) is 137 cm³/mol. The van der Waals surface area contributed by atoms with Gasteiger partial charge in [-0.3, -0.25) is 15.1 Å². The Bertz CT molecular complexity index is 1590. The third-order valence-corrected chi connectivity index (χ3v) is 6.68. The second kappa shape index (κ2) is 10.2. The third kappa shape index (κ3) is 5.45. The van der Waals surface area contributed by atoms with Crippen molar-refractivity contribution in [1.82, 2.24) is 14.9 Å². The summed E-state index contributed by atoms with van der Waals surface area (Å²) >= 11 is 6.09. The van der Waals surface area contributed by atoms with Crippen molar-refractivity contribution < 1.29 is 32.0 Å². The summed E-state index contributed by atoms with van der Waals surface area (Å²) in [6, 6.07) is 12.8. The number of likely N-dealkylation sites (tertiary alicyclic amines) is 1. The molecular formula is C26H18ClF4N5O4. The maximum Gasteiger partial charge on any atom is 0.433 e. The number of nitro groups is 1. The Morgan fingerprint density at radius 2 is 1.85 bits per heavy atom. The Morgan fingerprint density at radius 1 is 1.12 bits per heavy atom. The Morgan fingerprint density at radius 3 is 2.48 bits per heavy atom. The van der Waals surface area contributed by atoms with E-state index in [0.717, 1.165) is 12.3 Å². The number of carbonyl (C=O) groups is 1. The molecule has 0 saturated carbocycles. The number of pyridine rings is 2.